The molecule has 0 spiro atoms. The third-order valence-electron chi connectivity index (χ3n) is 3.74. The third-order valence-corrected chi connectivity index (χ3v) is 3.74. The summed E-state index contributed by atoms with van der Waals surface area (Å²) in [4.78, 5) is 23.3. The molecule has 0 saturated heterocycles. The summed E-state index contributed by atoms with van der Waals surface area (Å²) in [6, 6.07) is 1.58. The minimum Gasteiger partial charge on any atom is -0.481 e. The van der Waals surface area contributed by atoms with Gasteiger partial charge in [0.1, 0.15) is 0 Å². The SMILES string of the molecule is CCC(CC)(CNC(=O)c1cc(C(C)C)no1)C(=O)O. The minimum atomic E-state index is -0.934. The smallest absolute Gasteiger partial charge is 0.311 e. The molecule has 0 aliphatic carbocycles. The van der Waals surface area contributed by atoms with E-state index in [0.717, 1.165) is 0 Å². The molecule has 0 aromatic carbocycles. The Hall–Kier alpha value is -1.85. The molecule has 0 unspecified atom stereocenters. The number of aromatic nitrogens is 1. The molecule has 20 heavy (non-hydrogen) atoms. The molecule has 0 aliphatic rings. The summed E-state index contributed by atoms with van der Waals surface area (Å²) < 4.78 is 4.97. The predicted octanol–water partition coefficient (Wildman–Crippen LogP) is 2.42. The van der Waals surface area contributed by atoms with Gasteiger partial charge in [0.05, 0.1) is 11.1 Å². The van der Waals surface area contributed by atoms with Gasteiger partial charge in [-0.25, -0.2) is 0 Å². The van der Waals surface area contributed by atoms with Crippen molar-refractivity contribution in [3.8, 4) is 0 Å². The highest BCUT2D eigenvalue weighted by molar-refractivity contribution is 5.91. The zero-order chi connectivity index (χ0) is 15.3. The molecule has 1 rings (SSSR count). The van der Waals surface area contributed by atoms with E-state index in [1.807, 2.05) is 13.8 Å². The van der Waals surface area contributed by atoms with Crippen LogP contribution in [0.5, 0.6) is 0 Å². The van der Waals surface area contributed by atoms with Gasteiger partial charge in [-0.15, -0.1) is 0 Å². The van der Waals surface area contributed by atoms with Gasteiger partial charge in [0.25, 0.3) is 5.91 Å². The van der Waals surface area contributed by atoms with Crippen molar-refractivity contribution in [2.45, 2.75) is 46.5 Å². The third kappa shape index (κ3) is 3.37. The van der Waals surface area contributed by atoms with Crippen LogP contribution < -0.4 is 5.32 Å². The molecule has 1 aromatic rings. The van der Waals surface area contributed by atoms with Gasteiger partial charge in [-0.3, -0.25) is 9.59 Å². The lowest BCUT2D eigenvalue weighted by Crippen LogP contribution is -2.42. The van der Waals surface area contributed by atoms with E-state index in [-0.39, 0.29) is 18.2 Å². The lowest BCUT2D eigenvalue weighted by atomic mass is 9.82. The summed E-state index contributed by atoms with van der Waals surface area (Å²) in [5.41, 5.74) is -0.234. The van der Waals surface area contributed by atoms with E-state index in [2.05, 4.69) is 10.5 Å². The number of aliphatic carboxylic acids is 1. The van der Waals surface area contributed by atoms with E-state index >= 15 is 0 Å². The van der Waals surface area contributed by atoms with Gasteiger partial charge in [0.2, 0.25) is 5.76 Å². The molecular formula is C14H22N2O4. The molecule has 0 saturated carbocycles. The molecule has 0 bridgehead atoms. The molecule has 1 heterocycles. The lowest BCUT2D eigenvalue weighted by Gasteiger charge is -2.26. The Morgan fingerprint density at radius 1 is 1.40 bits per heavy atom. The van der Waals surface area contributed by atoms with Crippen LogP contribution in [0.25, 0.3) is 0 Å². The topological polar surface area (TPSA) is 92.4 Å². The second kappa shape index (κ2) is 6.54. The summed E-state index contributed by atoms with van der Waals surface area (Å²) in [6.07, 6.45) is 0.902. The van der Waals surface area contributed by atoms with Crippen LogP contribution in [0.2, 0.25) is 0 Å². The first-order chi connectivity index (χ1) is 9.36. The molecule has 1 aromatic heterocycles. The monoisotopic (exact) mass is 282 g/mol. The number of carbonyl (C=O) groups excluding carboxylic acids is 1. The highest BCUT2D eigenvalue weighted by Crippen LogP contribution is 2.25. The molecule has 0 radical (unpaired) electrons. The molecule has 0 fully saturated rings. The predicted molar refractivity (Wildman–Crippen MR) is 73.6 cm³/mol. The Balaban J connectivity index is 2.72. The van der Waals surface area contributed by atoms with Crippen molar-refractivity contribution in [2.75, 3.05) is 6.54 Å². The Kier molecular flexibility index (Phi) is 5.30. The van der Waals surface area contributed by atoms with E-state index in [1.54, 1.807) is 19.9 Å². The van der Waals surface area contributed by atoms with Gasteiger partial charge < -0.3 is 14.9 Å². The lowest BCUT2D eigenvalue weighted by molar-refractivity contribution is -0.149. The Bertz CT molecular complexity index is 475. The maximum atomic E-state index is 11.9. The highest BCUT2D eigenvalue weighted by Gasteiger charge is 2.35. The largest absolute Gasteiger partial charge is 0.481 e. The zero-order valence-electron chi connectivity index (χ0n) is 12.4. The molecule has 1 amide bonds. The van der Waals surface area contributed by atoms with Crippen LogP contribution in [-0.4, -0.2) is 28.7 Å². The first-order valence-electron chi connectivity index (χ1n) is 6.84. The van der Waals surface area contributed by atoms with Crippen LogP contribution in [-0.2, 0) is 4.79 Å². The van der Waals surface area contributed by atoms with Crippen LogP contribution in [0.4, 0.5) is 0 Å². The normalized spacial score (nSPS) is 11.7. The Labute approximate surface area is 118 Å². The fraction of sp³-hybridized carbons (Fsp3) is 0.643. The summed E-state index contributed by atoms with van der Waals surface area (Å²) in [5, 5.41) is 15.7. The quantitative estimate of drug-likeness (QED) is 0.801. The van der Waals surface area contributed by atoms with Crippen molar-refractivity contribution in [3.05, 3.63) is 17.5 Å². The van der Waals surface area contributed by atoms with Crippen LogP contribution in [0.3, 0.4) is 0 Å². The molecule has 2 N–H and O–H groups in total. The Morgan fingerprint density at radius 3 is 2.40 bits per heavy atom. The second-order valence-corrected chi connectivity index (χ2v) is 5.25. The van der Waals surface area contributed by atoms with Crippen LogP contribution >= 0.6 is 0 Å². The van der Waals surface area contributed by atoms with Crippen LogP contribution in [0.1, 0.15) is 62.7 Å². The van der Waals surface area contributed by atoms with Gasteiger partial charge in [0, 0.05) is 12.6 Å². The first-order valence-corrected chi connectivity index (χ1v) is 6.84. The van der Waals surface area contributed by atoms with Gasteiger partial charge in [0.15, 0.2) is 0 Å². The van der Waals surface area contributed by atoms with E-state index in [4.69, 9.17) is 4.52 Å². The van der Waals surface area contributed by atoms with Crippen molar-refractivity contribution < 1.29 is 19.2 Å². The van der Waals surface area contributed by atoms with E-state index < -0.39 is 17.3 Å². The van der Waals surface area contributed by atoms with Gasteiger partial charge in [-0.05, 0) is 18.8 Å². The van der Waals surface area contributed by atoms with Crippen molar-refractivity contribution >= 4 is 11.9 Å². The number of amides is 1. The average molecular weight is 282 g/mol. The number of nitrogens with one attached hydrogen (secondary N) is 1. The highest BCUT2D eigenvalue weighted by atomic mass is 16.5. The van der Waals surface area contributed by atoms with Gasteiger partial charge in [-0.2, -0.15) is 0 Å². The second-order valence-electron chi connectivity index (χ2n) is 5.25. The van der Waals surface area contributed by atoms with Crippen molar-refractivity contribution in [3.63, 3.8) is 0 Å². The first kappa shape index (κ1) is 16.2. The number of nitrogens with zero attached hydrogens (tertiary/aromatic N) is 1. The van der Waals surface area contributed by atoms with E-state index in [0.29, 0.717) is 18.5 Å². The molecule has 0 atom stereocenters. The number of hydrogen-bond acceptors (Lipinski definition) is 4. The van der Waals surface area contributed by atoms with Crippen molar-refractivity contribution in [2.24, 2.45) is 5.41 Å². The van der Waals surface area contributed by atoms with Crippen molar-refractivity contribution in [1.82, 2.24) is 10.5 Å². The number of carboxylic acids is 1. The molecule has 6 heteroatoms. The van der Waals surface area contributed by atoms with Crippen LogP contribution in [0.15, 0.2) is 10.6 Å². The fourth-order valence-corrected chi connectivity index (χ4v) is 1.88. The molecule has 0 aliphatic heterocycles. The maximum absolute atomic E-state index is 11.9. The van der Waals surface area contributed by atoms with E-state index in [1.165, 1.54) is 0 Å². The fourth-order valence-electron chi connectivity index (χ4n) is 1.88. The van der Waals surface area contributed by atoms with Crippen molar-refractivity contribution in [1.29, 1.82) is 0 Å². The average Bonchev–Trinajstić information content (AvgIpc) is 2.89. The summed E-state index contributed by atoms with van der Waals surface area (Å²) in [7, 11) is 0. The maximum Gasteiger partial charge on any atom is 0.311 e. The van der Waals surface area contributed by atoms with Gasteiger partial charge in [-0.1, -0.05) is 32.9 Å². The minimum absolute atomic E-state index is 0.0753. The molecular weight excluding hydrogens is 260 g/mol. The molecule has 112 valence electrons. The van der Waals surface area contributed by atoms with Crippen LogP contribution in [0, 0.1) is 5.41 Å². The molecule has 6 nitrogen and oxygen atoms in total. The standard InChI is InChI=1S/C14H22N2O4/c1-5-14(6-2,13(18)19)8-15-12(17)11-7-10(9(3)4)16-20-11/h7,9H,5-6,8H2,1-4H3,(H,15,17)(H,18,19). The summed E-state index contributed by atoms with van der Waals surface area (Å²) >= 11 is 0. The number of carbonyl (C=O) groups is 2. The summed E-state index contributed by atoms with van der Waals surface area (Å²) in [5.74, 6) is -1.05. The summed E-state index contributed by atoms with van der Waals surface area (Å²) in [6.45, 7) is 7.57. The van der Waals surface area contributed by atoms with E-state index in [9.17, 15) is 14.7 Å². The number of carboxylic acid groups (broad SMARTS) is 1. The van der Waals surface area contributed by atoms with Gasteiger partial charge >= 0.3 is 5.97 Å². The zero-order valence-corrected chi connectivity index (χ0v) is 12.4. The number of hydrogen-bond donors (Lipinski definition) is 2. The number of rotatable bonds is 7. The Morgan fingerprint density at radius 2 is 2.00 bits per heavy atom.